The van der Waals surface area contributed by atoms with Crippen molar-refractivity contribution < 1.29 is 5.21 Å². The molecule has 3 heteroatoms. The van der Waals surface area contributed by atoms with Gasteiger partial charge in [0.15, 0.2) is 0 Å². The number of nitrogens with zero attached hydrogens (tertiary/aromatic N) is 2. The molecule has 0 amide bonds. The number of oxime groups is 1. The molecule has 0 spiro atoms. The molecule has 2 aliphatic rings. The first-order chi connectivity index (χ1) is 7.92. The molecular weight excluding hydrogens is 200 g/mol. The van der Waals surface area contributed by atoms with Crippen LogP contribution in [0.15, 0.2) is 5.16 Å². The van der Waals surface area contributed by atoms with Gasteiger partial charge in [-0.15, -0.1) is 0 Å². The van der Waals surface area contributed by atoms with Crippen LogP contribution in [0.2, 0.25) is 0 Å². The second-order valence-corrected chi connectivity index (χ2v) is 5.16. The summed E-state index contributed by atoms with van der Waals surface area (Å²) >= 11 is 0. The van der Waals surface area contributed by atoms with Gasteiger partial charge in [0.05, 0.1) is 11.8 Å². The Labute approximate surface area is 98.5 Å². The third-order valence-electron chi connectivity index (χ3n) is 4.00. The molecule has 0 aromatic rings. The van der Waals surface area contributed by atoms with Gasteiger partial charge < -0.3 is 5.21 Å². The second-order valence-electron chi connectivity index (χ2n) is 5.16. The summed E-state index contributed by atoms with van der Waals surface area (Å²) in [7, 11) is 0. The lowest BCUT2D eigenvalue weighted by molar-refractivity contribution is 0.184. The topological polar surface area (TPSA) is 35.8 Å². The van der Waals surface area contributed by atoms with Crippen LogP contribution in [0.3, 0.4) is 0 Å². The van der Waals surface area contributed by atoms with E-state index in [0.717, 1.165) is 12.1 Å². The van der Waals surface area contributed by atoms with E-state index in [4.69, 9.17) is 0 Å². The molecule has 0 radical (unpaired) electrons. The van der Waals surface area contributed by atoms with Crippen LogP contribution in [0.5, 0.6) is 0 Å². The van der Waals surface area contributed by atoms with Gasteiger partial charge in [0.25, 0.3) is 0 Å². The van der Waals surface area contributed by atoms with Crippen molar-refractivity contribution in [3.05, 3.63) is 0 Å². The molecule has 1 saturated carbocycles. The molecule has 1 heterocycles. The fraction of sp³-hybridized carbons (Fsp3) is 0.923. The first-order valence-electron chi connectivity index (χ1n) is 6.86. The van der Waals surface area contributed by atoms with Crippen molar-refractivity contribution in [1.29, 1.82) is 0 Å². The summed E-state index contributed by atoms with van der Waals surface area (Å²) < 4.78 is 0. The summed E-state index contributed by atoms with van der Waals surface area (Å²) in [6.07, 6.45) is 11.3. The van der Waals surface area contributed by atoms with E-state index in [9.17, 15) is 5.21 Å². The van der Waals surface area contributed by atoms with Crippen molar-refractivity contribution in [3.8, 4) is 0 Å². The Hall–Kier alpha value is -0.570. The highest BCUT2D eigenvalue weighted by Gasteiger charge is 2.26. The van der Waals surface area contributed by atoms with E-state index < -0.39 is 0 Å². The van der Waals surface area contributed by atoms with Gasteiger partial charge in [-0.1, -0.05) is 30.8 Å². The number of hydrogen-bond donors (Lipinski definition) is 1. The number of likely N-dealkylation sites (tertiary alicyclic amines) is 1. The predicted molar refractivity (Wildman–Crippen MR) is 66.1 cm³/mol. The van der Waals surface area contributed by atoms with Gasteiger partial charge in [-0.05, 0) is 45.2 Å². The highest BCUT2D eigenvalue weighted by atomic mass is 16.4. The minimum absolute atomic E-state index is 0.436. The van der Waals surface area contributed by atoms with Crippen LogP contribution in [0.25, 0.3) is 0 Å². The third kappa shape index (κ3) is 2.97. The molecule has 1 N–H and O–H groups in total. The largest absolute Gasteiger partial charge is 0.411 e. The second kappa shape index (κ2) is 6.24. The van der Waals surface area contributed by atoms with Crippen LogP contribution in [-0.4, -0.2) is 35.0 Å². The Balaban J connectivity index is 2.00. The zero-order valence-corrected chi connectivity index (χ0v) is 10.2. The van der Waals surface area contributed by atoms with E-state index in [1.54, 1.807) is 0 Å². The lowest BCUT2D eigenvalue weighted by Crippen LogP contribution is -2.44. The van der Waals surface area contributed by atoms with Gasteiger partial charge in [-0.2, -0.15) is 0 Å². The van der Waals surface area contributed by atoms with Crippen molar-refractivity contribution in [2.24, 2.45) is 5.16 Å². The zero-order valence-electron chi connectivity index (χ0n) is 10.2. The lowest BCUT2D eigenvalue weighted by Gasteiger charge is -2.35. The van der Waals surface area contributed by atoms with Crippen LogP contribution in [0.4, 0.5) is 0 Å². The van der Waals surface area contributed by atoms with Gasteiger partial charge in [0, 0.05) is 0 Å². The Morgan fingerprint density at radius 3 is 2.38 bits per heavy atom. The molecule has 1 atom stereocenters. The molecule has 0 aromatic carbocycles. The molecule has 92 valence electrons. The van der Waals surface area contributed by atoms with Crippen molar-refractivity contribution in [1.82, 2.24) is 4.90 Å². The quantitative estimate of drug-likeness (QED) is 0.549. The van der Waals surface area contributed by atoms with Crippen molar-refractivity contribution in [2.45, 2.75) is 63.8 Å². The zero-order chi connectivity index (χ0) is 11.2. The summed E-state index contributed by atoms with van der Waals surface area (Å²) in [5, 5.41) is 12.8. The SMILES string of the molecule is O/N=C1\CCCCCC[C@@H]1N1CCCCC1. The number of rotatable bonds is 1. The smallest absolute Gasteiger partial charge is 0.0742 e. The Morgan fingerprint density at radius 2 is 1.62 bits per heavy atom. The summed E-state index contributed by atoms with van der Waals surface area (Å²) in [6.45, 7) is 2.40. The van der Waals surface area contributed by atoms with Crippen LogP contribution in [0.1, 0.15) is 57.8 Å². The summed E-state index contributed by atoms with van der Waals surface area (Å²) in [5.41, 5.74) is 1.04. The maximum absolute atomic E-state index is 9.17. The standard InChI is InChI=1S/C13H24N2O/c16-14-12-8-4-1-2-5-9-13(12)15-10-6-3-7-11-15/h13,16H,1-11H2/b14-12+/t13-/m0/s1. The van der Waals surface area contributed by atoms with Crippen LogP contribution in [-0.2, 0) is 0 Å². The maximum atomic E-state index is 9.17. The molecule has 1 aliphatic carbocycles. The Kier molecular flexibility index (Phi) is 4.64. The van der Waals surface area contributed by atoms with E-state index in [1.807, 2.05) is 0 Å². The molecule has 2 fully saturated rings. The first-order valence-corrected chi connectivity index (χ1v) is 6.86. The molecule has 16 heavy (non-hydrogen) atoms. The molecular formula is C13H24N2O. The minimum atomic E-state index is 0.436. The van der Waals surface area contributed by atoms with E-state index in [0.29, 0.717) is 6.04 Å². The normalized spacial score (nSPS) is 32.2. The molecule has 1 saturated heterocycles. The van der Waals surface area contributed by atoms with Crippen molar-refractivity contribution in [2.75, 3.05) is 13.1 Å². The average molecular weight is 224 g/mol. The van der Waals surface area contributed by atoms with Gasteiger partial charge >= 0.3 is 0 Å². The van der Waals surface area contributed by atoms with E-state index in [2.05, 4.69) is 10.1 Å². The molecule has 1 aliphatic heterocycles. The van der Waals surface area contributed by atoms with E-state index in [-0.39, 0.29) is 0 Å². The third-order valence-corrected chi connectivity index (χ3v) is 4.00. The number of piperidine rings is 1. The van der Waals surface area contributed by atoms with E-state index >= 15 is 0 Å². The van der Waals surface area contributed by atoms with Crippen LogP contribution in [0, 0.1) is 0 Å². The van der Waals surface area contributed by atoms with Gasteiger partial charge in [0.2, 0.25) is 0 Å². The lowest BCUT2D eigenvalue weighted by atomic mass is 9.92. The van der Waals surface area contributed by atoms with Gasteiger partial charge in [0.1, 0.15) is 0 Å². The molecule has 0 aromatic heterocycles. The van der Waals surface area contributed by atoms with Crippen LogP contribution < -0.4 is 0 Å². The Morgan fingerprint density at radius 1 is 0.938 bits per heavy atom. The number of hydrogen-bond acceptors (Lipinski definition) is 3. The fourth-order valence-electron chi connectivity index (χ4n) is 3.07. The summed E-state index contributed by atoms with van der Waals surface area (Å²) in [6, 6.07) is 0.436. The van der Waals surface area contributed by atoms with E-state index in [1.165, 1.54) is 64.5 Å². The summed E-state index contributed by atoms with van der Waals surface area (Å²) in [5.74, 6) is 0. The molecule has 2 rings (SSSR count). The first kappa shape index (κ1) is 11.9. The molecule has 0 unspecified atom stereocenters. The average Bonchev–Trinajstić information content (AvgIpc) is 2.30. The highest BCUT2D eigenvalue weighted by molar-refractivity contribution is 5.89. The molecule has 3 nitrogen and oxygen atoms in total. The fourth-order valence-corrected chi connectivity index (χ4v) is 3.07. The summed E-state index contributed by atoms with van der Waals surface area (Å²) in [4.78, 5) is 2.55. The van der Waals surface area contributed by atoms with Crippen molar-refractivity contribution >= 4 is 5.71 Å². The minimum Gasteiger partial charge on any atom is -0.411 e. The maximum Gasteiger partial charge on any atom is 0.0742 e. The van der Waals surface area contributed by atoms with Crippen LogP contribution >= 0.6 is 0 Å². The van der Waals surface area contributed by atoms with Gasteiger partial charge in [-0.3, -0.25) is 4.90 Å². The van der Waals surface area contributed by atoms with Gasteiger partial charge in [-0.25, -0.2) is 0 Å². The Bertz CT molecular complexity index is 234. The predicted octanol–water partition coefficient (Wildman–Crippen LogP) is 3.03. The molecule has 0 bridgehead atoms. The monoisotopic (exact) mass is 224 g/mol. The highest BCUT2D eigenvalue weighted by Crippen LogP contribution is 2.22. The van der Waals surface area contributed by atoms with Crippen molar-refractivity contribution in [3.63, 3.8) is 0 Å².